The fourth-order valence-corrected chi connectivity index (χ4v) is 3.78. The van der Waals surface area contributed by atoms with Crippen molar-refractivity contribution >= 4 is 15.9 Å². The molecule has 0 aliphatic heterocycles. The first-order chi connectivity index (χ1) is 7.68. The van der Waals surface area contributed by atoms with Crippen LogP contribution in [0.4, 0.5) is 0 Å². The summed E-state index contributed by atoms with van der Waals surface area (Å²) < 4.78 is 1.24. The highest BCUT2D eigenvalue weighted by molar-refractivity contribution is 9.10. The number of benzene rings is 1. The smallest absolute Gasteiger partial charge is 0.0216 e. The summed E-state index contributed by atoms with van der Waals surface area (Å²) in [6, 6.07) is 6.67. The van der Waals surface area contributed by atoms with Crippen LogP contribution in [-0.4, -0.2) is 6.54 Å². The van der Waals surface area contributed by atoms with Gasteiger partial charge in [0.2, 0.25) is 0 Å². The van der Waals surface area contributed by atoms with Gasteiger partial charge in [-0.15, -0.1) is 0 Å². The summed E-state index contributed by atoms with van der Waals surface area (Å²) in [6.07, 6.45) is 6.48. The van der Waals surface area contributed by atoms with E-state index in [9.17, 15) is 0 Å². The van der Waals surface area contributed by atoms with E-state index in [0.717, 1.165) is 6.54 Å². The van der Waals surface area contributed by atoms with Gasteiger partial charge in [-0.2, -0.15) is 0 Å². The lowest BCUT2D eigenvalue weighted by molar-refractivity contribution is 0.299. The normalized spacial score (nSPS) is 19.7. The molecule has 0 saturated heterocycles. The molecule has 0 heterocycles. The third-order valence-electron chi connectivity index (χ3n) is 3.90. The van der Waals surface area contributed by atoms with Crippen molar-refractivity contribution < 1.29 is 0 Å². The van der Waals surface area contributed by atoms with E-state index in [1.807, 2.05) is 0 Å². The molecule has 0 aromatic heterocycles. The Morgan fingerprint density at radius 3 is 2.50 bits per heavy atom. The lowest BCUT2D eigenvalue weighted by atomic mass is 9.69. The van der Waals surface area contributed by atoms with Crippen LogP contribution in [0.25, 0.3) is 0 Å². The summed E-state index contributed by atoms with van der Waals surface area (Å²) in [5.41, 5.74) is 9.00. The maximum absolute atomic E-state index is 6.06. The monoisotopic (exact) mass is 281 g/mol. The highest BCUT2D eigenvalue weighted by Crippen LogP contribution is 2.41. The average molecular weight is 282 g/mol. The first-order valence-electron chi connectivity index (χ1n) is 6.15. The number of rotatable bonds is 2. The van der Waals surface area contributed by atoms with E-state index in [0.29, 0.717) is 0 Å². The van der Waals surface area contributed by atoms with Crippen molar-refractivity contribution in [1.82, 2.24) is 0 Å². The zero-order chi connectivity index (χ0) is 11.6. The lowest BCUT2D eigenvalue weighted by Crippen LogP contribution is -2.37. The van der Waals surface area contributed by atoms with Gasteiger partial charge in [0.25, 0.3) is 0 Å². The van der Waals surface area contributed by atoms with Crippen LogP contribution >= 0.6 is 15.9 Å². The van der Waals surface area contributed by atoms with Gasteiger partial charge in [-0.05, 0) is 37.0 Å². The van der Waals surface area contributed by atoms with Crippen molar-refractivity contribution in [2.75, 3.05) is 6.54 Å². The van der Waals surface area contributed by atoms with Crippen LogP contribution in [0.1, 0.15) is 43.2 Å². The van der Waals surface area contributed by atoms with Crippen molar-refractivity contribution in [1.29, 1.82) is 0 Å². The summed E-state index contributed by atoms with van der Waals surface area (Å²) >= 11 is 3.70. The average Bonchev–Trinajstić information content (AvgIpc) is 2.30. The number of hydrogen-bond acceptors (Lipinski definition) is 1. The van der Waals surface area contributed by atoms with E-state index in [1.165, 1.54) is 47.7 Å². The molecule has 1 aliphatic carbocycles. The molecule has 1 saturated carbocycles. The minimum absolute atomic E-state index is 0.227. The van der Waals surface area contributed by atoms with Crippen LogP contribution in [0.15, 0.2) is 22.7 Å². The fraction of sp³-hybridized carbons (Fsp3) is 0.571. The standard InChI is InChI=1S/C14H20BrN/c1-11-5-6-12(13(15)9-11)14(10-16)7-3-2-4-8-14/h5-6,9H,2-4,7-8,10,16H2,1H3. The van der Waals surface area contributed by atoms with E-state index >= 15 is 0 Å². The van der Waals surface area contributed by atoms with E-state index < -0.39 is 0 Å². The lowest BCUT2D eigenvalue weighted by Gasteiger charge is -2.37. The molecular weight excluding hydrogens is 262 g/mol. The predicted octanol–water partition coefficient (Wildman–Crippen LogP) is 3.92. The van der Waals surface area contributed by atoms with Gasteiger partial charge < -0.3 is 5.73 Å². The molecule has 1 nitrogen and oxygen atoms in total. The zero-order valence-corrected chi connectivity index (χ0v) is 11.5. The number of hydrogen-bond donors (Lipinski definition) is 1. The molecule has 0 atom stereocenters. The van der Waals surface area contributed by atoms with Gasteiger partial charge in [-0.3, -0.25) is 0 Å². The summed E-state index contributed by atoms with van der Waals surface area (Å²) in [6.45, 7) is 2.90. The van der Waals surface area contributed by atoms with Crippen LogP contribution < -0.4 is 5.73 Å². The largest absolute Gasteiger partial charge is 0.330 e. The van der Waals surface area contributed by atoms with Crippen LogP contribution in [-0.2, 0) is 5.41 Å². The Morgan fingerprint density at radius 2 is 1.94 bits per heavy atom. The second-order valence-corrected chi connectivity index (χ2v) is 5.88. The molecule has 0 spiro atoms. The summed E-state index contributed by atoms with van der Waals surface area (Å²) in [5, 5.41) is 0. The summed E-state index contributed by atoms with van der Waals surface area (Å²) in [5.74, 6) is 0. The molecule has 1 fully saturated rings. The topological polar surface area (TPSA) is 26.0 Å². The molecule has 88 valence electrons. The number of nitrogens with two attached hydrogens (primary N) is 1. The van der Waals surface area contributed by atoms with Crippen molar-refractivity contribution in [3.05, 3.63) is 33.8 Å². The molecule has 1 aliphatic rings. The Labute approximate surface area is 107 Å². The van der Waals surface area contributed by atoms with Gasteiger partial charge in [0.1, 0.15) is 0 Å². The maximum atomic E-state index is 6.06. The molecule has 16 heavy (non-hydrogen) atoms. The van der Waals surface area contributed by atoms with Crippen LogP contribution in [0, 0.1) is 6.92 Å². The SMILES string of the molecule is Cc1ccc(C2(CN)CCCCC2)c(Br)c1. The van der Waals surface area contributed by atoms with E-state index in [4.69, 9.17) is 5.73 Å². The van der Waals surface area contributed by atoms with Gasteiger partial charge >= 0.3 is 0 Å². The van der Waals surface area contributed by atoms with Crippen LogP contribution in [0.5, 0.6) is 0 Å². The molecule has 0 radical (unpaired) electrons. The summed E-state index contributed by atoms with van der Waals surface area (Å²) in [4.78, 5) is 0. The first kappa shape index (κ1) is 12.1. The Bertz CT molecular complexity index is 367. The van der Waals surface area contributed by atoms with Gasteiger partial charge in [-0.25, -0.2) is 0 Å². The van der Waals surface area contributed by atoms with Crippen LogP contribution in [0.3, 0.4) is 0 Å². The molecule has 2 N–H and O–H groups in total. The Morgan fingerprint density at radius 1 is 1.25 bits per heavy atom. The second-order valence-electron chi connectivity index (χ2n) is 5.03. The maximum Gasteiger partial charge on any atom is 0.0216 e. The van der Waals surface area contributed by atoms with E-state index in [-0.39, 0.29) is 5.41 Å². The Balaban J connectivity index is 2.39. The molecule has 0 unspecified atom stereocenters. The molecular formula is C14H20BrN. The van der Waals surface area contributed by atoms with Crippen LogP contribution in [0.2, 0.25) is 0 Å². The van der Waals surface area contributed by atoms with E-state index in [2.05, 4.69) is 41.1 Å². The fourth-order valence-electron chi connectivity index (χ4n) is 2.86. The Kier molecular flexibility index (Phi) is 3.70. The summed E-state index contributed by atoms with van der Waals surface area (Å²) in [7, 11) is 0. The number of aryl methyl sites for hydroxylation is 1. The van der Waals surface area contributed by atoms with Crippen molar-refractivity contribution in [2.24, 2.45) is 5.73 Å². The predicted molar refractivity (Wildman–Crippen MR) is 72.7 cm³/mol. The highest BCUT2D eigenvalue weighted by atomic mass is 79.9. The highest BCUT2D eigenvalue weighted by Gasteiger charge is 2.33. The molecule has 1 aromatic rings. The van der Waals surface area contributed by atoms with Crippen molar-refractivity contribution in [3.63, 3.8) is 0 Å². The van der Waals surface area contributed by atoms with Gasteiger partial charge in [0.05, 0.1) is 0 Å². The van der Waals surface area contributed by atoms with Crippen molar-refractivity contribution in [3.8, 4) is 0 Å². The van der Waals surface area contributed by atoms with Crippen molar-refractivity contribution in [2.45, 2.75) is 44.4 Å². The first-order valence-corrected chi connectivity index (χ1v) is 6.94. The molecule has 0 amide bonds. The van der Waals surface area contributed by atoms with Gasteiger partial charge in [-0.1, -0.05) is 47.3 Å². The number of halogens is 1. The van der Waals surface area contributed by atoms with Gasteiger partial charge in [0, 0.05) is 16.4 Å². The third kappa shape index (κ3) is 2.18. The minimum Gasteiger partial charge on any atom is -0.330 e. The Hall–Kier alpha value is -0.340. The molecule has 2 rings (SSSR count). The molecule has 2 heteroatoms. The second kappa shape index (κ2) is 4.89. The third-order valence-corrected chi connectivity index (χ3v) is 4.55. The molecule has 1 aromatic carbocycles. The quantitative estimate of drug-likeness (QED) is 0.874. The minimum atomic E-state index is 0.227. The molecule has 0 bridgehead atoms. The zero-order valence-electron chi connectivity index (χ0n) is 9.93. The van der Waals surface area contributed by atoms with Gasteiger partial charge in [0.15, 0.2) is 0 Å². The van der Waals surface area contributed by atoms with E-state index in [1.54, 1.807) is 0 Å².